The maximum atomic E-state index is 5.87. The van der Waals surface area contributed by atoms with Gasteiger partial charge < -0.3 is 5.32 Å². The second-order valence-electron chi connectivity index (χ2n) is 2.92. The second kappa shape index (κ2) is 4.55. The fourth-order valence-electron chi connectivity index (χ4n) is 1.11. The summed E-state index contributed by atoms with van der Waals surface area (Å²) in [6, 6.07) is 0. The predicted molar refractivity (Wildman–Crippen MR) is 61.2 cm³/mol. The monoisotopic (exact) mass is 240 g/mol. The van der Waals surface area contributed by atoms with E-state index in [0.717, 1.165) is 16.4 Å². The second-order valence-corrected chi connectivity index (χ2v) is 4.25. The molecule has 78 valence electrons. The summed E-state index contributed by atoms with van der Waals surface area (Å²) in [6.07, 6.45) is 3.22. The Morgan fingerprint density at radius 3 is 3.00 bits per heavy atom. The molecule has 0 bridgehead atoms. The highest BCUT2D eigenvalue weighted by molar-refractivity contribution is 7.09. The van der Waals surface area contributed by atoms with E-state index >= 15 is 0 Å². The van der Waals surface area contributed by atoms with Gasteiger partial charge in [-0.3, -0.25) is 0 Å². The van der Waals surface area contributed by atoms with Crippen LogP contribution >= 0.6 is 22.9 Å². The van der Waals surface area contributed by atoms with Gasteiger partial charge in [0.15, 0.2) is 0 Å². The van der Waals surface area contributed by atoms with Crippen LogP contribution in [0.1, 0.15) is 10.6 Å². The lowest BCUT2D eigenvalue weighted by Crippen LogP contribution is -2.03. The number of nitrogens with one attached hydrogen (secondary N) is 1. The first kappa shape index (κ1) is 10.3. The average molecular weight is 241 g/mol. The first-order valence-electron chi connectivity index (χ1n) is 4.36. The Morgan fingerprint density at radius 1 is 1.40 bits per heavy atom. The fraction of sp³-hybridized carbons (Fsp3) is 0.222. The number of aromatic nitrogens is 3. The minimum absolute atomic E-state index is 0.478. The molecule has 0 unspecified atom stereocenters. The van der Waals surface area contributed by atoms with Gasteiger partial charge in [-0.05, 0) is 6.92 Å². The Labute approximate surface area is 96.4 Å². The van der Waals surface area contributed by atoms with E-state index in [0.29, 0.717) is 11.7 Å². The van der Waals surface area contributed by atoms with Gasteiger partial charge in [-0.2, -0.15) is 0 Å². The lowest BCUT2D eigenvalue weighted by molar-refractivity contribution is 1.04. The standard InChI is InChI=1S/C9H9ClN4S/c1-6-8(10)13-5-14-9(6)12-4-7-11-2-3-15-7/h2-3,5H,4H2,1H3,(H,12,13,14). The van der Waals surface area contributed by atoms with Crippen LogP contribution in [0.3, 0.4) is 0 Å². The smallest absolute Gasteiger partial charge is 0.137 e. The third kappa shape index (κ3) is 2.43. The molecule has 15 heavy (non-hydrogen) atoms. The quantitative estimate of drug-likeness (QED) is 0.838. The van der Waals surface area contributed by atoms with Crippen LogP contribution in [0, 0.1) is 6.92 Å². The van der Waals surface area contributed by atoms with E-state index in [1.165, 1.54) is 6.33 Å². The molecule has 6 heteroatoms. The molecule has 4 nitrogen and oxygen atoms in total. The molecule has 0 aliphatic rings. The van der Waals surface area contributed by atoms with E-state index < -0.39 is 0 Å². The van der Waals surface area contributed by atoms with Crippen molar-refractivity contribution in [3.63, 3.8) is 0 Å². The van der Waals surface area contributed by atoms with Crippen LogP contribution in [-0.4, -0.2) is 15.0 Å². The summed E-state index contributed by atoms with van der Waals surface area (Å²) in [7, 11) is 0. The third-order valence-corrected chi connectivity index (χ3v) is 3.07. The van der Waals surface area contributed by atoms with E-state index in [9.17, 15) is 0 Å². The minimum atomic E-state index is 0.478. The van der Waals surface area contributed by atoms with Crippen molar-refractivity contribution in [2.75, 3.05) is 5.32 Å². The Bertz CT molecular complexity index is 443. The molecule has 0 amide bonds. The van der Waals surface area contributed by atoms with Gasteiger partial charge in [0.2, 0.25) is 0 Å². The van der Waals surface area contributed by atoms with Crippen LogP contribution in [-0.2, 0) is 6.54 Å². The van der Waals surface area contributed by atoms with Crippen LogP contribution in [0.25, 0.3) is 0 Å². The van der Waals surface area contributed by atoms with E-state index in [1.54, 1.807) is 17.5 Å². The number of rotatable bonds is 3. The van der Waals surface area contributed by atoms with Crippen LogP contribution in [0.5, 0.6) is 0 Å². The number of halogens is 1. The lowest BCUT2D eigenvalue weighted by atomic mass is 10.3. The Balaban J connectivity index is 2.08. The van der Waals surface area contributed by atoms with Gasteiger partial charge in [0.25, 0.3) is 0 Å². The molecule has 2 rings (SSSR count). The van der Waals surface area contributed by atoms with Crippen molar-refractivity contribution in [2.24, 2.45) is 0 Å². The molecule has 0 saturated carbocycles. The van der Waals surface area contributed by atoms with Crippen LogP contribution < -0.4 is 5.32 Å². The first-order chi connectivity index (χ1) is 7.27. The van der Waals surface area contributed by atoms with Crippen molar-refractivity contribution < 1.29 is 0 Å². The molecule has 0 aliphatic carbocycles. The van der Waals surface area contributed by atoms with Crippen molar-refractivity contribution >= 4 is 28.8 Å². The minimum Gasteiger partial charge on any atom is -0.363 e. The zero-order valence-electron chi connectivity index (χ0n) is 8.07. The molecule has 2 heterocycles. The summed E-state index contributed by atoms with van der Waals surface area (Å²) >= 11 is 7.47. The summed E-state index contributed by atoms with van der Waals surface area (Å²) in [5.74, 6) is 0.755. The van der Waals surface area contributed by atoms with E-state index in [4.69, 9.17) is 11.6 Å². The number of thiazole rings is 1. The Morgan fingerprint density at radius 2 is 2.27 bits per heavy atom. The molecule has 2 aromatic rings. The van der Waals surface area contributed by atoms with Gasteiger partial charge in [0, 0.05) is 17.1 Å². The molecule has 0 atom stereocenters. The molecule has 0 radical (unpaired) electrons. The van der Waals surface area contributed by atoms with E-state index in [2.05, 4.69) is 20.3 Å². The number of hydrogen-bond acceptors (Lipinski definition) is 5. The Hall–Kier alpha value is -1.20. The van der Waals surface area contributed by atoms with Crippen LogP contribution in [0.15, 0.2) is 17.9 Å². The first-order valence-corrected chi connectivity index (χ1v) is 5.62. The topological polar surface area (TPSA) is 50.7 Å². The largest absolute Gasteiger partial charge is 0.363 e. The number of nitrogens with zero attached hydrogens (tertiary/aromatic N) is 3. The van der Waals surface area contributed by atoms with Crippen molar-refractivity contribution in [2.45, 2.75) is 13.5 Å². The summed E-state index contributed by atoms with van der Waals surface area (Å²) in [5, 5.41) is 6.61. The van der Waals surface area contributed by atoms with Gasteiger partial charge in [-0.25, -0.2) is 15.0 Å². The molecule has 0 aromatic carbocycles. The van der Waals surface area contributed by atoms with Crippen molar-refractivity contribution in [3.05, 3.63) is 33.6 Å². The summed E-state index contributed by atoms with van der Waals surface area (Å²) in [6.45, 7) is 2.54. The number of hydrogen-bond donors (Lipinski definition) is 1. The fourth-order valence-corrected chi connectivity index (χ4v) is 1.80. The lowest BCUT2D eigenvalue weighted by Gasteiger charge is -2.06. The van der Waals surface area contributed by atoms with Gasteiger partial charge in [0.05, 0.1) is 6.54 Å². The van der Waals surface area contributed by atoms with Gasteiger partial charge >= 0.3 is 0 Å². The van der Waals surface area contributed by atoms with E-state index in [1.807, 2.05) is 12.3 Å². The summed E-state index contributed by atoms with van der Waals surface area (Å²) < 4.78 is 0. The number of anilines is 1. The maximum Gasteiger partial charge on any atom is 0.137 e. The zero-order valence-corrected chi connectivity index (χ0v) is 9.64. The normalized spacial score (nSPS) is 10.3. The molecular formula is C9H9ClN4S. The van der Waals surface area contributed by atoms with E-state index in [-0.39, 0.29) is 0 Å². The maximum absolute atomic E-state index is 5.87. The summed E-state index contributed by atoms with van der Waals surface area (Å²) in [4.78, 5) is 12.2. The van der Waals surface area contributed by atoms with Crippen molar-refractivity contribution in [1.29, 1.82) is 0 Å². The molecular weight excluding hydrogens is 232 g/mol. The van der Waals surface area contributed by atoms with Gasteiger partial charge in [-0.1, -0.05) is 11.6 Å². The summed E-state index contributed by atoms with van der Waals surface area (Å²) in [5.41, 5.74) is 0.857. The van der Waals surface area contributed by atoms with Crippen molar-refractivity contribution in [3.8, 4) is 0 Å². The predicted octanol–water partition coefficient (Wildman–Crippen LogP) is 2.51. The SMILES string of the molecule is Cc1c(Cl)ncnc1NCc1nccs1. The van der Waals surface area contributed by atoms with Gasteiger partial charge in [0.1, 0.15) is 22.3 Å². The van der Waals surface area contributed by atoms with Crippen LogP contribution in [0.4, 0.5) is 5.82 Å². The molecule has 2 aromatic heterocycles. The van der Waals surface area contributed by atoms with Crippen molar-refractivity contribution in [1.82, 2.24) is 15.0 Å². The Kier molecular flexibility index (Phi) is 3.13. The zero-order chi connectivity index (χ0) is 10.7. The molecule has 0 spiro atoms. The molecule has 1 N–H and O–H groups in total. The van der Waals surface area contributed by atoms with Crippen LogP contribution in [0.2, 0.25) is 5.15 Å². The highest BCUT2D eigenvalue weighted by Gasteiger charge is 2.04. The molecule has 0 saturated heterocycles. The highest BCUT2D eigenvalue weighted by Crippen LogP contribution is 2.18. The molecule has 0 fully saturated rings. The highest BCUT2D eigenvalue weighted by atomic mass is 35.5. The average Bonchev–Trinajstić information content (AvgIpc) is 2.73. The molecule has 0 aliphatic heterocycles. The van der Waals surface area contributed by atoms with Gasteiger partial charge in [-0.15, -0.1) is 11.3 Å². The third-order valence-electron chi connectivity index (χ3n) is 1.91.